The number of benzene rings is 1. The standard InChI is InChI=1S/C16H20N4O3/c1-12-11-15(18-23-12)19-7-9-20(10-8-19)16(21)17-13-3-5-14(22-2)6-4-13/h3-6,11H,7-10H2,1-2H3,(H,17,21). The molecule has 1 fully saturated rings. The van der Waals surface area contributed by atoms with E-state index in [9.17, 15) is 4.79 Å². The molecule has 2 amide bonds. The minimum absolute atomic E-state index is 0.0915. The Hall–Kier alpha value is -2.70. The third-order valence-corrected chi connectivity index (χ3v) is 3.85. The smallest absolute Gasteiger partial charge is 0.321 e. The quantitative estimate of drug-likeness (QED) is 0.941. The van der Waals surface area contributed by atoms with Gasteiger partial charge in [0, 0.05) is 37.9 Å². The van der Waals surface area contributed by atoms with Crippen molar-refractivity contribution in [2.45, 2.75) is 6.92 Å². The summed E-state index contributed by atoms with van der Waals surface area (Å²) in [5.74, 6) is 2.39. The van der Waals surface area contributed by atoms with Gasteiger partial charge < -0.3 is 24.4 Å². The lowest BCUT2D eigenvalue weighted by Gasteiger charge is -2.34. The summed E-state index contributed by atoms with van der Waals surface area (Å²) in [6.07, 6.45) is 0. The average molecular weight is 316 g/mol. The molecule has 0 spiro atoms. The van der Waals surface area contributed by atoms with Gasteiger partial charge in [0.2, 0.25) is 0 Å². The first kappa shape index (κ1) is 15.2. The van der Waals surface area contributed by atoms with E-state index in [1.807, 2.05) is 37.3 Å². The number of carbonyl (C=O) groups is 1. The van der Waals surface area contributed by atoms with Gasteiger partial charge in [-0.2, -0.15) is 0 Å². The molecular formula is C16H20N4O3. The van der Waals surface area contributed by atoms with Crippen molar-refractivity contribution in [3.8, 4) is 5.75 Å². The molecule has 1 aliphatic heterocycles. The molecule has 3 rings (SSSR count). The van der Waals surface area contributed by atoms with Gasteiger partial charge in [-0.05, 0) is 31.2 Å². The first-order valence-corrected chi connectivity index (χ1v) is 7.54. The van der Waals surface area contributed by atoms with E-state index in [0.717, 1.165) is 36.1 Å². The van der Waals surface area contributed by atoms with Gasteiger partial charge >= 0.3 is 6.03 Å². The Kier molecular flexibility index (Phi) is 4.36. The summed E-state index contributed by atoms with van der Waals surface area (Å²) in [5.41, 5.74) is 0.755. The number of anilines is 2. The third-order valence-electron chi connectivity index (χ3n) is 3.85. The lowest BCUT2D eigenvalue weighted by molar-refractivity contribution is 0.208. The molecule has 1 aromatic carbocycles. The fourth-order valence-corrected chi connectivity index (χ4v) is 2.52. The molecule has 1 aromatic heterocycles. The largest absolute Gasteiger partial charge is 0.497 e. The number of methoxy groups -OCH3 is 1. The molecule has 0 radical (unpaired) electrons. The molecule has 7 nitrogen and oxygen atoms in total. The molecule has 0 atom stereocenters. The van der Waals surface area contributed by atoms with Crippen molar-refractivity contribution in [1.29, 1.82) is 0 Å². The van der Waals surface area contributed by atoms with Crippen LogP contribution in [0.25, 0.3) is 0 Å². The molecule has 0 bridgehead atoms. The van der Waals surface area contributed by atoms with Crippen molar-refractivity contribution >= 4 is 17.5 Å². The number of ether oxygens (including phenoxy) is 1. The maximum Gasteiger partial charge on any atom is 0.321 e. The van der Waals surface area contributed by atoms with Crippen LogP contribution in [-0.4, -0.2) is 49.4 Å². The van der Waals surface area contributed by atoms with Crippen LogP contribution in [0.4, 0.5) is 16.3 Å². The van der Waals surface area contributed by atoms with E-state index in [1.54, 1.807) is 12.0 Å². The molecule has 2 heterocycles. The summed E-state index contributed by atoms with van der Waals surface area (Å²) >= 11 is 0. The number of carbonyl (C=O) groups excluding carboxylic acids is 1. The highest BCUT2D eigenvalue weighted by Gasteiger charge is 2.22. The molecule has 0 saturated carbocycles. The predicted octanol–water partition coefficient (Wildman–Crippen LogP) is 2.35. The number of nitrogens with zero attached hydrogens (tertiary/aromatic N) is 3. The Morgan fingerprint density at radius 2 is 1.91 bits per heavy atom. The van der Waals surface area contributed by atoms with Crippen LogP contribution in [0.2, 0.25) is 0 Å². The highest BCUT2D eigenvalue weighted by Crippen LogP contribution is 2.18. The van der Waals surface area contributed by atoms with Gasteiger partial charge in [0.1, 0.15) is 11.5 Å². The number of piperazine rings is 1. The van der Waals surface area contributed by atoms with Crippen LogP contribution in [0.15, 0.2) is 34.9 Å². The van der Waals surface area contributed by atoms with Crippen molar-refractivity contribution in [3.05, 3.63) is 36.1 Å². The van der Waals surface area contributed by atoms with Crippen molar-refractivity contribution in [2.75, 3.05) is 43.5 Å². The van der Waals surface area contributed by atoms with E-state index in [-0.39, 0.29) is 6.03 Å². The zero-order valence-electron chi connectivity index (χ0n) is 13.3. The molecule has 0 aliphatic carbocycles. The number of hydrogen-bond donors (Lipinski definition) is 1. The summed E-state index contributed by atoms with van der Waals surface area (Å²) in [4.78, 5) is 16.2. The Morgan fingerprint density at radius 1 is 1.22 bits per heavy atom. The van der Waals surface area contributed by atoms with E-state index in [1.165, 1.54) is 0 Å². The monoisotopic (exact) mass is 316 g/mol. The molecular weight excluding hydrogens is 296 g/mol. The van der Waals surface area contributed by atoms with E-state index in [2.05, 4.69) is 15.4 Å². The van der Waals surface area contributed by atoms with Gasteiger partial charge in [-0.3, -0.25) is 0 Å². The molecule has 1 N–H and O–H groups in total. The molecule has 23 heavy (non-hydrogen) atoms. The molecule has 7 heteroatoms. The summed E-state index contributed by atoms with van der Waals surface area (Å²) in [7, 11) is 1.61. The SMILES string of the molecule is COc1ccc(NC(=O)N2CCN(c3cc(C)on3)CC2)cc1. The van der Waals surface area contributed by atoms with E-state index < -0.39 is 0 Å². The lowest BCUT2D eigenvalue weighted by Crippen LogP contribution is -2.50. The summed E-state index contributed by atoms with van der Waals surface area (Å²) < 4.78 is 10.2. The molecule has 1 saturated heterocycles. The Labute approximate surface area is 134 Å². The number of hydrogen-bond acceptors (Lipinski definition) is 5. The Bertz CT molecular complexity index is 660. The lowest BCUT2D eigenvalue weighted by atomic mass is 10.3. The highest BCUT2D eigenvalue weighted by atomic mass is 16.5. The van der Waals surface area contributed by atoms with Gasteiger partial charge in [0.25, 0.3) is 0 Å². The average Bonchev–Trinajstić information content (AvgIpc) is 3.02. The Balaban J connectivity index is 1.53. The number of nitrogens with one attached hydrogen (secondary N) is 1. The van der Waals surface area contributed by atoms with Gasteiger partial charge in [0.15, 0.2) is 5.82 Å². The molecule has 2 aromatic rings. The van der Waals surface area contributed by atoms with Crippen LogP contribution in [0.3, 0.4) is 0 Å². The van der Waals surface area contributed by atoms with Crippen molar-refractivity contribution in [3.63, 3.8) is 0 Å². The molecule has 122 valence electrons. The van der Waals surface area contributed by atoms with Gasteiger partial charge in [-0.25, -0.2) is 4.79 Å². The Morgan fingerprint density at radius 3 is 2.48 bits per heavy atom. The zero-order valence-corrected chi connectivity index (χ0v) is 13.3. The third kappa shape index (κ3) is 3.56. The van der Waals surface area contributed by atoms with E-state index >= 15 is 0 Å². The fourth-order valence-electron chi connectivity index (χ4n) is 2.52. The van der Waals surface area contributed by atoms with Crippen LogP contribution in [0, 0.1) is 6.92 Å². The zero-order chi connectivity index (χ0) is 16.2. The maximum atomic E-state index is 12.3. The van der Waals surface area contributed by atoms with E-state index in [0.29, 0.717) is 13.1 Å². The van der Waals surface area contributed by atoms with Gasteiger partial charge in [0.05, 0.1) is 7.11 Å². The van der Waals surface area contributed by atoms with Gasteiger partial charge in [-0.15, -0.1) is 0 Å². The normalized spacial score (nSPS) is 14.7. The molecule has 0 unspecified atom stereocenters. The van der Waals surface area contributed by atoms with Gasteiger partial charge in [-0.1, -0.05) is 5.16 Å². The van der Waals surface area contributed by atoms with Crippen LogP contribution < -0.4 is 15.0 Å². The van der Waals surface area contributed by atoms with Crippen LogP contribution >= 0.6 is 0 Å². The van der Waals surface area contributed by atoms with Crippen molar-refractivity contribution < 1.29 is 14.1 Å². The van der Waals surface area contributed by atoms with Crippen LogP contribution in [0.1, 0.15) is 5.76 Å². The first-order chi connectivity index (χ1) is 11.2. The number of aryl methyl sites for hydroxylation is 1. The number of amides is 2. The second-order valence-corrected chi connectivity index (χ2v) is 5.43. The second-order valence-electron chi connectivity index (χ2n) is 5.43. The van der Waals surface area contributed by atoms with Crippen molar-refractivity contribution in [2.24, 2.45) is 0 Å². The highest BCUT2D eigenvalue weighted by molar-refractivity contribution is 5.89. The number of rotatable bonds is 3. The minimum Gasteiger partial charge on any atom is -0.497 e. The summed E-state index contributed by atoms with van der Waals surface area (Å²) in [5, 5.41) is 6.91. The predicted molar refractivity (Wildman–Crippen MR) is 87.0 cm³/mol. The number of aromatic nitrogens is 1. The summed E-state index contributed by atoms with van der Waals surface area (Å²) in [6.45, 7) is 4.64. The van der Waals surface area contributed by atoms with Crippen LogP contribution in [-0.2, 0) is 0 Å². The topological polar surface area (TPSA) is 70.8 Å². The number of urea groups is 1. The first-order valence-electron chi connectivity index (χ1n) is 7.54. The maximum absolute atomic E-state index is 12.3. The fraction of sp³-hybridized carbons (Fsp3) is 0.375. The van der Waals surface area contributed by atoms with E-state index in [4.69, 9.17) is 9.26 Å². The summed E-state index contributed by atoms with van der Waals surface area (Å²) in [6, 6.07) is 9.11. The minimum atomic E-state index is -0.0915. The molecule has 1 aliphatic rings. The second kappa shape index (κ2) is 6.60. The van der Waals surface area contributed by atoms with Crippen LogP contribution in [0.5, 0.6) is 5.75 Å². The van der Waals surface area contributed by atoms with Crippen molar-refractivity contribution in [1.82, 2.24) is 10.1 Å².